The van der Waals surface area contributed by atoms with Gasteiger partial charge in [0.1, 0.15) is 24.5 Å². The van der Waals surface area contributed by atoms with Crippen LogP contribution in [0.2, 0.25) is 5.02 Å². The Bertz CT molecular complexity index is 786. The molecule has 9 nitrogen and oxygen atoms in total. The molecule has 2 unspecified atom stereocenters. The molecule has 26 heavy (non-hydrogen) atoms. The van der Waals surface area contributed by atoms with E-state index in [-0.39, 0.29) is 29.6 Å². The van der Waals surface area contributed by atoms with Crippen LogP contribution >= 0.6 is 11.6 Å². The summed E-state index contributed by atoms with van der Waals surface area (Å²) >= 11 is 5.83. The first kappa shape index (κ1) is 23.3. The van der Waals surface area contributed by atoms with E-state index >= 15 is 0 Å². The van der Waals surface area contributed by atoms with Crippen LogP contribution in [0.4, 0.5) is 0 Å². The minimum atomic E-state index is -5.08. The van der Waals surface area contributed by atoms with Gasteiger partial charge in [0.15, 0.2) is 0 Å². The van der Waals surface area contributed by atoms with Crippen LogP contribution < -0.4 is 34.3 Å². The van der Waals surface area contributed by atoms with Gasteiger partial charge in [0.25, 0.3) is 0 Å². The van der Waals surface area contributed by atoms with E-state index in [2.05, 4.69) is 10.1 Å². The third kappa shape index (κ3) is 6.46. The number of rotatable bonds is 8. The molecular weight excluding hydrogens is 397 g/mol. The summed E-state index contributed by atoms with van der Waals surface area (Å²) < 4.78 is 45.3. The van der Waals surface area contributed by atoms with Crippen molar-refractivity contribution in [2.75, 3.05) is 6.61 Å². The smallest absolute Gasteiger partial charge is 0.726 e. The van der Waals surface area contributed by atoms with Crippen molar-refractivity contribution in [1.82, 2.24) is 14.8 Å². The van der Waals surface area contributed by atoms with Crippen molar-refractivity contribution in [3.05, 3.63) is 41.9 Å². The third-order valence-electron chi connectivity index (χ3n) is 3.43. The van der Waals surface area contributed by atoms with Crippen LogP contribution in [-0.4, -0.2) is 45.6 Å². The number of nitrogens with zero attached hydrogens (tertiary/aromatic N) is 3. The second kappa shape index (κ2) is 9.47. The molecule has 1 N–H and O–H groups in total. The molecule has 2 atom stereocenters. The fraction of sp³-hybridized carbons (Fsp3) is 0.429. The summed E-state index contributed by atoms with van der Waals surface area (Å²) in [6, 6.07) is 6.27. The van der Waals surface area contributed by atoms with Gasteiger partial charge in [0, 0.05) is 10.4 Å². The number of aliphatic hydroxyl groups is 1. The molecule has 138 valence electrons. The van der Waals surface area contributed by atoms with Crippen molar-refractivity contribution in [2.45, 2.75) is 26.2 Å². The summed E-state index contributed by atoms with van der Waals surface area (Å²) in [5, 5.41) is 14.0. The molecule has 0 radical (unpaired) electrons. The van der Waals surface area contributed by atoms with E-state index in [0.29, 0.717) is 10.8 Å². The molecule has 2 rings (SSSR count). The average molecular weight is 414 g/mol. The SMILES string of the molecule is CC(C)(CO)C(OS(=O)(=O)[O-])C(Oc1ccc(Cl)cc1)n1cncn1.[Na+]. The monoisotopic (exact) mass is 413 g/mol. The van der Waals surface area contributed by atoms with Crippen LogP contribution in [0, 0.1) is 5.41 Å². The van der Waals surface area contributed by atoms with Crippen molar-refractivity contribution in [3.63, 3.8) is 0 Å². The van der Waals surface area contributed by atoms with Gasteiger partial charge in [-0.3, -0.25) is 4.18 Å². The number of aromatic nitrogens is 3. The van der Waals surface area contributed by atoms with E-state index in [1.165, 1.54) is 31.2 Å². The van der Waals surface area contributed by atoms with Gasteiger partial charge in [-0.1, -0.05) is 25.4 Å². The summed E-state index contributed by atoms with van der Waals surface area (Å²) in [5.74, 6) is 0.329. The number of hydrogen-bond donors (Lipinski definition) is 1. The molecule has 0 bridgehead atoms. The van der Waals surface area contributed by atoms with E-state index in [1.807, 2.05) is 0 Å². The Kier molecular flexibility index (Phi) is 8.49. The van der Waals surface area contributed by atoms with Gasteiger partial charge in [-0.25, -0.2) is 18.1 Å². The molecule has 0 fully saturated rings. The standard InChI is InChI=1S/C14H18ClN3O6S.Na/c1-14(2,7-19)12(24-25(20,21)22)13(18-9-16-8-17-18)23-11-5-3-10(15)4-6-11;/h3-6,8-9,12-13,19H,7H2,1-2H3,(H,20,21,22);/q;+1/p-1. The molecule has 1 aromatic heterocycles. The summed E-state index contributed by atoms with van der Waals surface area (Å²) in [7, 11) is -5.08. The fourth-order valence-corrected chi connectivity index (χ4v) is 2.77. The summed E-state index contributed by atoms with van der Waals surface area (Å²) in [5.41, 5.74) is -1.15. The molecule has 0 aliphatic rings. The number of ether oxygens (including phenoxy) is 1. The first-order chi connectivity index (χ1) is 11.6. The molecule has 2 aromatic rings. The van der Waals surface area contributed by atoms with Crippen molar-refractivity contribution in [1.29, 1.82) is 0 Å². The van der Waals surface area contributed by atoms with E-state index < -0.39 is 34.8 Å². The van der Waals surface area contributed by atoms with Crippen LogP contribution in [0.5, 0.6) is 5.75 Å². The third-order valence-corrected chi connectivity index (χ3v) is 4.12. The molecule has 1 heterocycles. The molecule has 0 aliphatic heterocycles. The minimum Gasteiger partial charge on any atom is -0.726 e. The predicted octanol–water partition coefficient (Wildman–Crippen LogP) is -1.62. The van der Waals surface area contributed by atoms with Crippen LogP contribution in [0.3, 0.4) is 0 Å². The van der Waals surface area contributed by atoms with Gasteiger partial charge in [0.05, 0.1) is 6.61 Å². The predicted molar refractivity (Wildman–Crippen MR) is 86.6 cm³/mol. The van der Waals surface area contributed by atoms with Gasteiger partial charge in [-0.2, -0.15) is 5.10 Å². The maximum Gasteiger partial charge on any atom is 1.00 e. The van der Waals surface area contributed by atoms with Crippen molar-refractivity contribution in [2.24, 2.45) is 5.41 Å². The zero-order valence-corrected chi connectivity index (χ0v) is 18.0. The largest absolute Gasteiger partial charge is 1.00 e. The van der Waals surface area contributed by atoms with Crippen LogP contribution in [0.1, 0.15) is 20.1 Å². The first-order valence-electron chi connectivity index (χ1n) is 7.14. The normalized spacial score (nSPS) is 14.3. The van der Waals surface area contributed by atoms with Crippen LogP contribution in [-0.2, 0) is 14.6 Å². The van der Waals surface area contributed by atoms with Gasteiger partial charge in [-0.15, -0.1) is 0 Å². The van der Waals surface area contributed by atoms with Gasteiger partial charge in [-0.05, 0) is 24.3 Å². The summed E-state index contributed by atoms with van der Waals surface area (Å²) in [6.07, 6.45) is -0.0682. The minimum absolute atomic E-state index is 0. The molecule has 0 aliphatic carbocycles. The average Bonchev–Trinajstić information content (AvgIpc) is 3.05. The van der Waals surface area contributed by atoms with Crippen molar-refractivity contribution >= 4 is 22.0 Å². The van der Waals surface area contributed by atoms with Gasteiger partial charge < -0.3 is 14.4 Å². The van der Waals surface area contributed by atoms with Gasteiger partial charge in [0.2, 0.25) is 16.6 Å². The van der Waals surface area contributed by atoms with E-state index in [4.69, 9.17) is 20.5 Å². The molecule has 1 aromatic carbocycles. The fourth-order valence-electron chi connectivity index (χ4n) is 2.04. The van der Waals surface area contributed by atoms with E-state index in [0.717, 1.165) is 0 Å². The Morgan fingerprint density at radius 3 is 2.42 bits per heavy atom. The summed E-state index contributed by atoms with van der Waals surface area (Å²) in [6.45, 7) is 2.58. The van der Waals surface area contributed by atoms with Gasteiger partial charge >= 0.3 is 29.6 Å². The number of benzene rings is 1. The van der Waals surface area contributed by atoms with Crippen LogP contribution in [0.15, 0.2) is 36.9 Å². The van der Waals surface area contributed by atoms with Crippen molar-refractivity contribution < 1.29 is 56.6 Å². The maximum absolute atomic E-state index is 11.2. The first-order valence-corrected chi connectivity index (χ1v) is 8.85. The Morgan fingerprint density at radius 2 is 1.96 bits per heavy atom. The number of halogens is 1. The quantitative estimate of drug-likeness (QED) is 0.311. The zero-order chi connectivity index (χ0) is 18.7. The summed E-state index contributed by atoms with van der Waals surface area (Å²) in [4.78, 5) is 3.79. The topological polar surface area (TPSA) is 127 Å². The molecule has 0 amide bonds. The zero-order valence-electron chi connectivity index (χ0n) is 14.4. The Balaban J connectivity index is 0.00000338. The number of aliphatic hydroxyl groups excluding tert-OH is 1. The Morgan fingerprint density at radius 1 is 1.35 bits per heavy atom. The van der Waals surface area contributed by atoms with Crippen molar-refractivity contribution in [3.8, 4) is 5.75 Å². The Labute approximate surface area is 178 Å². The Hall–Kier alpha value is -0.720. The molecular formula is C14H17ClN3NaO6S. The van der Waals surface area contributed by atoms with E-state index in [9.17, 15) is 18.1 Å². The molecule has 0 saturated heterocycles. The molecule has 12 heteroatoms. The van der Waals surface area contributed by atoms with E-state index in [1.54, 1.807) is 24.3 Å². The van der Waals surface area contributed by atoms with Crippen LogP contribution in [0.25, 0.3) is 0 Å². The maximum atomic E-state index is 11.2. The molecule has 0 spiro atoms. The second-order valence-electron chi connectivity index (χ2n) is 5.91. The molecule has 0 saturated carbocycles. The second-order valence-corrected chi connectivity index (χ2v) is 7.35. The number of hydrogen-bond acceptors (Lipinski definition) is 8.